The van der Waals surface area contributed by atoms with Gasteiger partial charge in [0.25, 0.3) is 0 Å². The Bertz CT molecular complexity index is 587. The first-order chi connectivity index (χ1) is 7.92. The van der Waals surface area contributed by atoms with Crippen LogP contribution in [0.2, 0.25) is 0 Å². The summed E-state index contributed by atoms with van der Waals surface area (Å²) in [5, 5.41) is 2.52. The number of nitrogens with two attached hydrogens (primary N) is 1. The zero-order valence-electron chi connectivity index (χ0n) is 8.93. The molecule has 16 heavy (non-hydrogen) atoms. The van der Waals surface area contributed by atoms with Crippen molar-refractivity contribution < 1.29 is 0 Å². The summed E-state index contributed by atoms with van der Waals surface area (Å²) in [6, 6.07) is 10.5. The average Bonchev–Trinajstić information content (AvgIpc) is 2.66. The molecule has 0 bridgehead atoms. The van der Waals surface area contributed by atoms with Crippen LogP contribution >= 0.6 is 0 Å². The summed E-state index contributed by atoms with van der Waals surface area (Å²) < 4.78 is 2.23. The molecule has 0 unspecified atom stereocenters. The Morgan fingerprint density at radius 1 is 1.06 bits per heavy atom. The van der Waals surface area contributed by atoms with Crippen LogP contribution in [0.5, 0.6) is 0 Å². The maximum atomic E-state index is 5.66. The number of pyridine rings is 1. The van der Waals surface area contributed by atoms with Gasteiger partial charge in [-0.05, 0) is 12.1 Å². The van der Waals surface area contributed by atoms with Crippen LogP contribution in [0.1, 0.15) is 0 Å². The fourth-order valence-corrected chi connectivity index (χ4v) is 2.27. The summed E-state index contributed by atoms with van der Waals surface area (Å²) in [6.07, 6.45) is 3.74. The van der Waals surface area contributed by atoms with Crippen LogP contribution in [-0.2, 0) is 6.54 Å². The summed E-state index contributed by atoms with van der Waals surface area (Å²) in [4.78, 5) is 4.19. The Balaban J connectivity index is 2.49. The molecule has 0 aliphatic rings. The maximum absolute atomic E-state index is 5.66. The van der Waals surface area contributed by atoms with Gasteiger partial charge < -0.3 is 10.3 Å². The molecule has 3 aromatic rings. The predicted octanol–water partition coefficient (Wildman–Crippen LogP) is 2.15. The lowest BCUT2D eigenvalue weighted by molar-refractivity contribution is 0.756. The van der Waals surface area contributed by atoms with E-state index in [2.05, 4.69) is 39.9 Å². The zero-order chi connectivity index (χ0) is 11.0. The van der Waals surface area contributed by atoms with Crippen LogP contribution in [0, 0.1) is 0 Å². The highest BCUT2D eigenvalue weighted by Gasteiger charge is 2.08. The lowest BCUT2D eigenvalue weighted by Gasteiger charge is -2.03. The van der Waals surface area contributed by atoms with Gasteiger partial charge in [0.1, 0.15) is 0 Å². The Morgan fingerprint density at radius 3 is 2.75 bits per heavy atom. The standard InChI is InChI=1S/C13H13N3/c14-6-8-16-12-4-2-1-3-10(12)11-5-7-15-9-13(11)16/h1-5,7,9H,6,8,14H2. The van der Waals surface area contributed by atoms with Crippen LogP contribution in [0.3, 0.4) is 0 Å². The summed E-state index contributed by atoms with van der Waals surface area (Å²) in [6.45, 7) is 1.47. The van der Waals surface area contributed by atoms with Crippen molar-refractivity contribution in [3.8, 4) is 0 Å². The summed E-state index contributed by atoms with van der Waals surface area (Å²) >= 11 is 0. The van der Waals surface area contributed by atoms with Crippen LogP contribution in [-0.4, -0.2) is 16.1 Å². The molecule has 2 aromatic heterocycles. The molecule has 3 rings (SSSR count). The molecule has 2 N–H and O–H groups in total. The zero-order valence-corrected chi connectivity index (χ0v) is 8.93. The molecule has 0 aliphatic carbocycles. The molecule has 0 saturated heterocycles. The van der Waals surface area contributed by atoms with E-state index in [0.717, 1.165) is 12.1 Å². The Labute approximate surface area is 93.5 Å². The van der Waals surface area contributed by atoms with Crippen molar-refractivity contribution in [1.82, 2.24) is 9.55 Å². The van der Waals surface area contributed by atoms with Crippen molar-refractivity contribution in [2.45, 2.75) is 6.54 Å². The largest absolute Gasteiger partial charge is 0.338 e. The summed E-state index contributed by atoms with van der Waals surface area (Å²) in [5.74, 6) is 0. The molecular weight excluding hydrogens is 198 g/mol. The van der Waals surface area contributed by atoms with E-state index in [1.54, 1.807) is 0 Å². The third kappa shape index (κ3) is 1.22. The SMILES string of the molecule is NCCn1c2ccccc2c2ccncc21. The molecule has 3 heteroatoms. The van der Waals surface area contributed by atoms with Crippen LogP contribution in [0.15, 0.2) is 42.7 Å². The van der Waals surface area contributed by atoms with E-state index in [4.69, 9.17) is 5.73 Å². The minimum atomic E-state index is 0.642. The molecule has 0 aliphatic heterocycles. The molecule has 0 amide bonds. The lowest BCUT2D eigenvalue weighted by Crippen LogP contribution is -2.09. The van der Waals surface area contributed by atoms with Crippen LogP contribution in [0.4, 0.5) is 0 Å². The van der Waals surface area contributed by atoms with E-state index in [9.17, 15) is 0 Å². The normalized spacial score (nSPS) is 11.3. The molecule has 1 aromatic carbocycles. The van der Waals surface area contributed by atoms with Crippen molar-refractivity contribution in [2.75, 3.05) is 6.54 Å². The number of rotatable bonds is 2. The van der Waals surface area contributed by atoms with Crippen LogP contribution < -0.4 is 5.73 Å². The number of nitrogens with zero attached hydrogens (tertiary/aromatic N) is 2. The van der Waals surface area contributed by atoms with E-state index in [1.807, 2.05) is 12.4 Å². The summed E-state index contributed by atoms with van der Waals surface area (Å²) in [7, 11) is 0. The van der Waals surface area contributed by atoms with Gasteiger partial charge in [-0.25, -0.2) is 0 Å². The average molecular weight is 211 g/mol. The van der Waals surface area contributed by atoms with Gasteiger partial charge in [0.05, 0.1) is 11.7 Å². The fraction of sp³-hybridized carbons (Fsp3) is 0.154. The van der Waals surface area contributed by atoms with Crippen molar-refractivity contribution >= 4 is 21.8 Å². The quantitative estimate of drug-likeness (QED) is 0.705. The molecule has 0 saturated carbocycles. The first kappa shape index (κ1) is 9.36. The molecule has 0 fully saturated rings. The van der Waals surface area contributed by atoms with E-state index in [-0.39, 0.29) is 0 Å². The van der Waals surface area contributed by atoms with Gasteiger partial charge in [0, 0.05) is 35.6 Å². The highest BCUT2D eigenvalue weighted by Crippen LogP contribution is 2.27. The minimum Gasteiger partial charge on any atom is -0.338 e. The first-order valence-corrected chi connectivity index (χ1v) is 5.43. The summed E-state index contributed by atoms with van der Waals surface area (Å²) in [5.41, 5.74) is 8.05. The Morgan fingerprint density at radius 2 is 1.88 bits per heavy atom. The number of para-hydroxylation sites is 1. The Hall–Kier alpha value is -1.87. The predicted molar refractivity (Wildman–Crippen MR) is 66.3 cm³/mol. The van der Waals surface area contributed by atoms with Gasteiger partial charge in [-0.2, -0.15) is 0 Å². The monoisotopic (exact) mass is 211 g/mol. The number of aromatic nitrogens is 2. The van der Waals surface area contributed by atoms with Gasteiger partial charge in [0.2, 0.25) is 0 Å². The lowest BCUT2D eigenvalue weighted by atomic mass is 10.2. The van der Waals surface area contributed by atoms with Gasteiger partial charge in [0.15, 0.2) is 0 Å². The van der Waals surface area contributed by atoms with Gasteiger partial charge in [-0.15, -0.1) is 0 Å². The number of fused-ring (bicyclic) bond motifs is 3. The number of benzene rings is 1. The Kier molecular flexibility index (Phi) is 2.11. The van der Waals surface area contributed by atoms with Crippen molar-refractivity contribution in [3.05, 3.63) is 42.7 Å². The second-order valence-corrected chi connectivity index (χ2v) is 3.85. The van der Waals surface area contributed by atoms with Gasteiger partial charge in [-0.3, -0.25) is 4.98 Å². The third-order valence-corrected chi connectivity index (χ3v) is 2.93. The minimum absolute atomic E-state index is 0.642. The number of hydrogen-bond donors (Lipinski definition) is 1. The molecule has 3 nitrogen and oxygen atoms in total. The second kappa shape index (κ2) is 3.61. The van der Waals surface area contributed by atoms with Crippen molar-refractivity contribution in [1.29, 1.82) is 0 Å². The fourth-order valence-electron chi connectivity index (χ4n) is 2.27. The van der Waals surface area contributed by atoms with Gasteiger partial charge >= 0.3 is 0 Å². The molecule has 80 valence electrons. The van der Waals surface area contributed by atoms with Crippen molar-refractivity contribution in [3.63, 3.8) is 0 Å². The van der Waals surface area contributed by atoms with E-state index in [1.165, 1.54) is 16.3 Å². The first-order valence-electron chi connectivity index (χ1n) is 5.43. The van der Waals surface area contributed by atoms with E-state index < -0.39 is 0 Å². The molecule has 0 atom stereocenters. The molecule has 0 radical (unpaired) electrons. The second-order valence-electron chi connectivity index (χ2n) is 3.85. The molecule has 0 spiro atoms. The smallest absolute Gasteiger partial charge is 0.0678 e. The van der Waals surface area contributed by atoms with Gasteiger partial charge in [-0.1, -0.05) is 18.2 Å². The maximum Gasteiger partial charge on any atom is 0.0678 e. The highest BCUT2D eigenvalue weighted by atomic mass is 15.0. The third-order valence-electron chi connectivity index (χ3n) is 2.93. The van der Waals surface area contributed by atoms with Crippen LogP contribution in [0.25, 0.3) is 21.8 Å². The molecule has 2 heterocycles. The topological polar surface area (TPSA) is 43.8 Å². The molecular formula is C13H13N3. The highest BCUT2D eigenvalue weighted by molar-refractivity contribution is 6.07. The van der Waals surface area contributed by atoms with E-state index >= 15 is 0 Å². The number of hydrogen-bond acceptors (Lipinski definition) is 2. The van der Waals surface area contributed by atoms with E-state index in [0.29, 0.717) is 6.54 Å². The van der Waals surface area contributed by atoms with Crippen molar-refractivity contribution in [2.24, 2.45) is 5.73 Å².